The molecule has 0 aromatic heterocycles. The fourth-order valence-corrected chi connectivity index (χ4v) is 1.97. The van der Waals surface area contributed by atoms with Gasteiger partial charge in [-0.3, -0.25) is 4.79 Å². The Morgan fingerprint density at radius 1 is 1.11 bits per heavy atom. The molecule has 0 fully saturated rings. The normalized spacial score (nSPS) is 10.5. The van der Waals surface area contributed by atoms with E-state index in [0.717, 1.165) is 0 Å². The monoisotopic (exact) mass is 297 g/mol. The Balaban J connectivity index is 2.25. The van der Waals surface area contributed by atoms with Gasteiger partial charge in [0, 0.05) is 17.0 Å². The predicted molar refractivity (Wildman–Crippen MR) is 75.3 cm³/mol. The minimum atomic E-state index is -0.428. The molecule has 2 aromatic rings. The van der Waals surface area contributed by atoms with Gasteiger partial charge in [-0.1, -0.05) is 23.2 Å². The number of benzene rings is 2. The highest BCUT2D eigenvalue weighted by atomic mass is 35.5. The summed E-state index contributed by atoms with van der Waals surface area (Å²) in [7, 11) is 0. The first-order chi connectivity index (χ1) is 8.97. The van der Waals surface area contributed by atoms with Crippen LogP contribution in [0.3, 0.4) is 0 Å². The molecule has 0 radical (unpaired) electrons. The zero-order chi connectivity index (χ0) is 14.0. The summed E-state index contributed by atoms with van der Waals surface area (Å²) >= 11 is 11.7. The number of carbonyl (C=O) groups excluding carboxylic acids is 1. The van der Waals surface area contributed by atoms with Gasteiger partial charge < -0.3 is 5.73 Å². The molecule has 0 heterocycles. The molecule has 2 nitrogen and oxygen atoms in total. The van der Waals surface area contributed by atoms with E-state index in [9.17, 15) is 9.18 Å². The number of rotatable bonds is 3. The average Bonchev–Trinajstić information content (AvgIpc) is 2.37. The third-order valence-corrected chi connectivity index (χ3v) is 3.39. The average molecular weight is 298 g/mol. The highest BCUT2D eigenvalue weighted by molar-refractivity contribution is 6.33. The topological polar surface area (TPSA) is 43.1 Å². The zero-order valence-electron chi connectivity index (χ0n) is 9.79. The molecule has 0 saturated heterocycles. The van der Waals surface area contributed by atoms with Crippen molar-refractivity contribution in [2.24, 2.45) is 0 Å². The summed E-state index contributed by atoms with van der Waals surface area (Å²) in [5.74, 6) is -0.626. The second kappa shape index (κ2) is 5.59. The Morgan fingerprint density at radius 2 is 1.79 bits per heavy atom. The van der Waals surface area contributed by atoms with E-state index in [0.29, 0.717) is 26.9 Å². The van der Waals surface area contributed by atoms with Crippen molar-refractivity contribution in [3.63, 3.8) is 0 Å². The molecule has 0 saturated carbocycles. The number of nitrogen functional groups attached to an aromatic ring is 1. The smallest absolute Gasteiger partial charge is 0.167 e. The molecule has 98 valence electrons. The molecule has 2 aromatic carbocycles. The molecule has 0 atom stereocenters. The summed E-state index contributed by atoms with van der Waals surface area (Å²) in [5, 5.41) is 0.747. The lowest BCUT2D eigenvalue weighted by molar-refractivity contribution is 0.0993. The van der Waals surface area contributed by atoms with Crippen LogP contribution in [0.5, 0.6) is 0 Å². The van der Waals surface area contributed by atoms with E-state index in [2.05, 4.69) is 0 Å². The Morgan fingerprint density at radius 3 is 2.47 bits per heavy atom. The largest absolute Gasteiger partial charge is 0.398 e. The van der Waals surface area contributed by atoms with E-state index >= 15 is 0 Å². The van der Waals surface area contributed by atoms with Gasteiger partial charge in [-0.05, 0) is 42.0 Å². The number of halogens is 3. The molecular formula is C14H10Cl2FNO. The summed E-state index contributed by atoms with van der Waals surface area (Å²) in [6.45, 7) is 0. The maximum atomic E-state index is 13.1. The molecule has 0 aliphatic carbocycles. The first-order valence-corrected chi connectivity index (χ1v) is 6.25. The van der Waals surface area contributed by atoms with Crippen LogP contribution in [0, 0.1) is 5.82 Å². The minimum Gasteiger partial charge on any atom is -0.398 e. The predicted octanol–water partition coefficient (Wildman–Crippen LogP) is 4.14. The fraction of sp³-hybridized carbons (Fsp3) is 0.0714. The van der Waals surface area contributed by atoms with Crippen LogP contribution in [-0.4, -0.2) is 5.78 Å². The van der Waals surface area contributed by atoms with E-state index in [4.69, 9.17) is 28.9 Å². The van der Waals surface area contributed by atoms with Crippen LogP contribution in [0.4, 0.5) is 10.1 Å². The van der Waals surface area contributed by atoms with Crippen molar-refractivity contribution in [2.75, 3.05) is 5.73 Å². The van der Waals surface area contributed by atoms with Gasteiger partial charge in [-0.25, -0.2) is 4.39 Å². The third-order valence-electron chi connectivity index (χ3n) is 2.68. The maximum absolute atomic E-state index is 13.1. The van der Waals surface area contributed by atoms with Crippen LogP contribution in [0.2, 0.25) is 10.0 Å². The Hall–Kier alpha value is -1.58. The van der Waals surface area contributed by atoms with Crippen LogP contribution >= 0.6 is 23.2 Å². The van der Waals surface area contributed by atoms with Gasteiger partial charge in [-0.2, -0.15) is 0 Å². The SMILES string of the molecule is Nc1cc(C(=O)Cc2cc(F)ccc2Cl)ccc1Cl. The van der Waals surface area contributed by atoms with Crippen LogP contribution in [0.15, 0.2) is 36.4 Å². The van der Waals surface area contributed by atoms with Crippen LogP contribution in [0.25, 0.3) is 0 Å². The van der Waals surface area contributed by atoms with Crippen molar-refractivity contribution in [1.82, 2.24) is 0 Å². The molecule has 0 aliphatic heterocycles. The fourth-order valence-electron chi connectivity index (χ4n) is 1.67. The molecule has 0 amide bonds. The number of hydrogen-bond acceptors (Lipinski definition) is 2. The minimum absolute atomic E-state index is 0.0116. The van der Waals surface area contributed by atoms with E-state index in [-0.39, 0.29) is 12.2 Å². The zero-order valence-corrected chi connectivity index (χ0v) is 11.3. The van der Waals surface area contributed by atoms with Crippen LogP contribution in [-0.2, 0) is 6.42 Å². The van der Waals surface area contributed by atoms with Crippen molar-refractivity contribution in [3.05, 3.63) is 63.4 Å². The van der Waals surface area contributed by atoms with E-state index in [1.54, 1.807) is 12.1 Å². The lowest BCUT2D eigenvalue weighted by atomic mass is 10.0. The quantitative estimate of drug-likeness (QED) is 0.683. The number of hydrogen-bond donors (Lipinski definition) is 1. The van der Waals surface area contributed by atoms with Crippen LogP contribution in [0.1, 0.15) is 15.9 Å². The summed E-state index contributed by atoms with van der Waals surface area (Å²) in [4.78, 5) is 12.1. The Kier molecular flexibility index (Phi) is 4.08. The number of nitrogens with two attached hydrogens (primary N) is 1. The van der Waals surface area contributed by atoms with Crippen molar-refractivity contribution in [3.8, 4) is 0 Å². The first-order valence-electron chi connectivity index (χ1n) is 5.49. The molecular weight excluding hydrogens is 288 g/mol. The number of Topliss-reactive ketones (excluding diaryl/α,β-unsaturated/α-hetero) is 1. The van der Waals surface area contributed by atoms with Crippen molar-refractivity contribution in [1.29, 1.82) is 0 Å². The Labute approximate surface area is 119 Å². The van der Waals surface area contributed by atoms with Gasteiger partial charge in [0.05, 0.1) is 10.7 Å². The first kappa shape index (κ1) is 13.8. The van der Waals surface area contributed by atoms with Crippen LogP contribution < -0.4 is 5.73 Å². The molecule has 2 rings (SSSR count). The summed E-state index contributed by atoms with van der Waals surface area (Å²) in [5.41, 5.74) is 6.83. The third kappa shape index (κ3) is 3.25. The molecule has 0 aliphatic rings. The van der Waals surface area contributed by atoms with E-state index in [1.807, 2.05) is 0 Å². The maximum Gasteiger partial charge on any atom is 0.167 e. The summed E-state index contributed by atoms with van der Waals surface area (Å²) in [6, 6.07) is 8.55. The lowest BCUT2D eigenvalue weighted by Gasteiger charge is -2.06. The van der Waals surface area contributed by atoms with Crippen molar-refractivity contribution in [2.45, 2.75) is 6.42 Å². The van der Waals surface area contributed by atoms with Crippen molar-refractivity contribution >= 4 is 34.7 Å². The van der Waals surface area contributed by atoms with Gasteiger partial charge in [0.2, 0.25) is 0 Å². The van der Waals surface area contributed by atoms with E-state index < -0.39 is 5.82 Å². The molecule has 2 N–H and O–H groups in total. The molecule has 5 heteroatoms. The summed E-state index contributed by atoms with van der Waals surface area (Å²) in [6.07, 6.45) is 0.0116. The van der Waals surface area contributed by atoms with Crippen molar-refractivity contribution < 1.29 is 9.18 Å². The molecule has 0 unspecified atom stereocenters. The van der Waals surface area contributed by atoms with Gasteiger partial charge in [0.1, 0.15) is 5.82 Å². The number of anilines is 1. The number of carbonyl (C=O) groups is 1. The molecule has 0 bridgehead atoms. The van der Waals surface area contributed by atoms with Gasteiger partial charge in [-0.15, -0.1) is 0 Å². The Bertz CT molecular complexity index is 643. The highest BCUT2D eigenvalue weighted by Gasteiger charge is 2.11. The lowest BCUT2D eigenvalue weighted by Crippen LogP contribution is -2.05. The highest BCUT2D eigenvalue weighted by Crippen LogP contribution is 2.22. The summed E-state index contributed by atoms with van der Waals surface area (Å²) < 4.78 is 13.1. The second-order valence-electron chi connectivity index (χ2n) is 4.07. The molecule has 0 spiro atoms. The van der Waals surface area contributed by atoms with Gasteiger partial charge in [0.25, 0.3) is 0 Å². The van der Waals surface area contributed by atoms with Gasteiger partial charge in [0.15, 0.2) is 5.78 Å². The molecule has 19 heavy (non-hydrogen) atoms. The van der Waals surface area contributed by atoms with E-state index in [1.165, 1.54) is 24.3 Å². The number of ketones is 1. The van der Waals surface area contributed by atoms with Gasteiger partial charge >= 0.3 is 0 Å². The standard InChI is InChI=1S/C14H10Cl2FNO/c15-11-4-2-10(17)5-9(11)7-14(19)8-1-3-12(16)13(18)6-8/h1-6H,7,18H2. The second-order valence-corrected chi connectivity index (χ2v) is 4.89.